The lowest BCUT2D eigenvalue weighted by Crippen LogP contribution is -2.26. The molecule has 0 atom stereocenters. The lowest BCUT2D eigenvalue weighted by molar-refractivity contribution is 0.0963. The minimum atomic E-state index is -0.309. The van der Waals surface area contributed by atoms with Gasteiger partial charge in [-0.15, -0.1) is 0 Å². The maximum Gasteiger partial charge on any atom is 0.232 e. The molecular weight excluding hydrogens is 464 g/mol. The van der Waals surface area contributed by atoms with E-state index in [4.69, 9.17) is 9.97 Å². The Kier molecular flexibility index (Phi) is 4.62. The van der Waals surface area contributed by atoms with Crippen LogP contribution in [0.2, 0.25) is 0 Å². The van der Waals surface area contributed by atoms with E-state index in [0.717, 1.165) is 33.2 Å². The quantitative estimate of drug-likeness (QED) is 0.368. The largest absolute Gasteiger partial charge is 0.321 e. The third-order valence-corrected chi connectivity index (χ3v) is 6.82. The van der Waals surface area contributed by atoms with Crippen molar-refractivity contribution in [2.45, 2.75) is 20.0 Å². The highest BCUT2D eigenvalue weighted by atomic mass is 16.1. The smallest absolute Gasteiger partial charge is 0.232 e. The van der Waals surface area contributed by atoms with Gasteiger partial charge in [-0.1, -0.05) is 48.5 Å². The average Bonchev–Trinajstić information content (AvgIpc) is 3.49. The minimum absolute atomic E-state index is 0.144. The zero-order chi connectivity index (χ0) is 25.1. The molecule has 0 saturated carbocycles. The van der Waals surface area contributed by atoms with Gasteiger partial charge in [-0.3, -0.25) is 19.6 Å². The van der Waals surface area contributed by atoms with Crippen LogP contribution < -0.4 is 0 Å². The van der Waals surface area contributed by atoms with Crippen molar-refractivity contribution in [2.24, 2.45) is 0 Å². The fraction of sp³-hybridized carbons (Fsp3) is 0.103. The Morgan fingerprint density at radius 1 is 0.649 bits per heavy atom. The first kappa shape index (κ1) is 21.3. The van der Waals surface area contributed by atoms with Crippen molar-refractivity contribution in [3.63, 3.8) is 0 Å². The van der Waals surface area contributed by atoms with Crippen molar-refractivity contribution < 1.29 is 9.59 Å². The number of aromatic nitrogens is 6. The van der Waals surface area contributed by atoms with E-state index >= 15 is 0 Å². The summed E-state index contributed by atoms with van der Waals surface area (Å²) < 4.78 is 3.45. The Labute approximate surface area is 211 Å². The molecule has 6 aromatic rings. The van der Waals surface area contributed by atoms with Crippen molar-refractivity contribution in [1.82, 2.24) is 29.1 Å². The van der Waals surface area contributed by atoms with Crippen LogP contribution in [-0.4, -0.2) is 40.6 Å². The van der Waals surface area contributed by atoms with Gasteiger partial charge in [-0.05, 0) is 31.2 Å². The Morgan fingerprint density at radius 3 is 1.92 bits per heavy atom. The molecule has 1 aliphatic carbocycles. The summed E-state index contributed by atoms with van der Waals surface area (Å²) in [5.41, 5.74) is 4.11. The molecule has 0 unspecified atom stereocenters. The second-order valence-corrected chi connectivity index (χ2v) is 9.16. The Bertz CT molecular complexity index is 1900. The molecule has 8 heteroatoms. The van der Waals surface area contributed by atoms with Gasteiger partial charge in [0, 0.05) is 10.8 Å². The van der Waals surface area contributed by atoms with Crippen LogP contribution in [0.3, 0.4) is 0 Å². The maximum atomic E-state index is 13.6. The Morgan fingerprint density at radius 2 is 1.24 bits per heavy atom. The highest BCUT2D eigenvalue weighted by Crippen LogP contribution is 2.28. The van der Waals surface area contributed by atoms with Gasteiger partial charge in [0.25, 0.3) is 0 Å². The van der Waals surface area contributed by atoms with Gasteiger partial charge in [0.15, 0.2) is 0 Å². The molecular formula is C29H20N6O2. The number of rotatable bonds is 4. The summed E-state index contributed by atoms with van der Waals surface area (Å²) in [6.45, 7) is 2.45. The van der Waals surface area contributed by atoms with Gasteiger partial charge in [0.1, 0.15) is 28.6 Å². The van der Waals surface area contributed by atoms with E-state index in [1.807, 2.05) is 72.8 Å². The predicted octanol–water partition coefficient (Wildman–Crippen LogP) is 4.36. The molecule has 0 saturated heterocycles. The van der Waals surface area contributed by atoms with Crippen LogP contribution in [0.4, 0.5) is 0 Å². The van der Waals surface area contributed by atoms with E-state index in [2.05, 4.69) is 9.97 Å². The molecule has 7 rings (SSSR count). The van der Waals surface area contributed by atoms with Gasteiger partial charge in [-0.2, -0.15) is 0 Å². The fourth-order valence-electron chi connectivity index (χ4n) is 5.01. The lowest BCUT2D eigenvalue weighted by Gasteiger charge is -2.15. The predicted molar refractivity (Wildman–Crippen MR) is 138 cm³/mol. The number of imidazole rings is 2. The number of hydrogen-bond donors (Lipinski definition) is 0. The molecule has 0 spiro atoms. The lowest BCUT2D eigenvalue weighted by atomic mass is 9.98. The van der Waals surface area contributed by atoms with Crippen LogP contribution >= 0.6 is 0 Å². The molecule has 0 N–H and O–H groups in total. The molecule has 37 heavy (non-hydrogen) atoms. The third kappa shape index (κ3) is 3.37. The number of para-hydroxylation sites is 2. The molecule has 0 radical (unpaired) electrons. The van der Waals surface area contributed by atoms with E-state index in [0.29, 0.717) is 18.9 Å². The first-order chi connectivity index (χ1) is 18.1. The van der Waals surface area contributed by atoms with Crippen LogP contribution in [0.5, 0.6) is 0 Å². The van der Waals surface area contributed by atoms with E-state index in [9.17, 15) is 9.59 Å². The topological polar surface area (TPSA) is 95.6 Å². The van der Waals surface area contributed by atoms with Crippen molar-refractivity contribution >= 4 is 33.4 Å². The van der Waals surface area contributed by atoms with Gasteiger partial charge >= 0.3 is 0 Å². The van der Waals surface area contributed by atoms with Crippen molar-refractivity contribution in [1.29, 1.82) is 0 Å². The zero-order valence-electron chi connectivity index (χ0n) is 19.9. The zero-order valence-corrected chi connectivity index (χ0v) is 19.9. The molecule has 0 bridgehead atoms. The molecule has 8 nitrogen and oxygen atoms in total. The SMILES string of the molecule is Cc1nc2c(n1Cc1ccc3ccccc3n1)C(=O)c1ncn(Cc3ccc4ccccc4n3)c1C2=O. The van der Waals surface area contributed by atoms with E-state index in [-0.39, 0.29) is 34.3 Å². The van der Waals surface area contributed by atoms with Crippen LogP contribution in [0.1, 0.15) is 49.6 Å². The van der Waals surface area contributed by atoms with E-state index in [1.165, 1.54) is 6.33 Å². The number of nitrogens with zero attached hydrogens (tertiary/aromatic N) is 6. The Hall–Kier alpha value is -4.98. The Balaban J connectivity index is 1.25. The number of ketones is 2. The summed E-state index contributed by atoms with van der Waals surface area (Å²) in [7, 11) is 0. The summed E-state index contributed by atoms with van der Waals surface area (Å²) in [5.74, 6) is -0.0398. The monoisotopic (exact) mass is 484 g/mol. The van der Waals surface area contributed by atoms with Gasteiger partial charge in [0.2, 0.25) is 11.6 Å². The van der Waals surface area contributed by atoms with Crippen LogP contribution in [0.25, 0.3) is 21.8 Å². The number of carbonyl (C=O) groups is 2. The van der Waals surface area contributed by atoms with Crippen LogP contribution in [0, 0.1) is 6.92 Å². The number of aryl methyl sites for hydroxylation is 1. The summed E-state index contributed by atoms with van der Waals surface area (Å²) in [4.78, 5) is 45.5. The molecule has 178 valence electrons. The molecule has 2 aromatic carbocycles. The highest BCUT2D eigenvalue weighted by Gasteiger charge is 2.39. The normalized spacial score (nSPS) is 12.8. The molecule has 4 aromatic heterocycles. The molecule has 1 aliphatic rings. The second kappa shape index (κ2) is 8.03. The number of hydrogen-bond acceptors (Lipinski definition) is 6. The average molecular weight is 485 g/mol. The third-order valence-electron chi connectivity index (χ3n) is 6.82. The van der Waals surface area contributed by atoms with Crippen molar-refractivity contribution in [3.8, 4) is 0 Å². The summed E-state index contributed by atoms with van der Waals surface area (Å²) in [6, 6.07) is 23.6. The van der Waals surface area contributed by atoms with Crippen LogP contribution in [-0.2, 0) is 13.1 Å². The molecule has 4 heterocycles. The standard InChI is InChI=1S/C29H20N6O2/c1-17-31-25-27(35(17)15-21-13-11-19-7-3-5-9-23(19)33-21)28(36)24-26(29(25)37)34(16-30-24)14-20-12-10-18-6-2-4-8-22(18)32-20/h2-13,16H,14-15H2,1H3. The highest BCUT2D eigenvalue weighted by molar-refractivity contribution is 6.25. The molecule has 0 amide bonds. The van der Waals surface area contributed by atoms with Crippen LogP contribution in [0.15, 0.2) is 79.1 Å². The number of benzene rings is 2. The van der Waals surface area contributed by atoms with Gasteiger partial charge < -0.3 is 9.13 Å². The fourth-order valence-corrected chi connectivity index (χ4v) is 5.01. The van der Waals surface area contributed by atoms with E-state index in [1.54, 1.807) is 16.1 Å². The van der Waals surface area contributed by atoms with Crippen molar-refractivity contribution in [3.05, 3.63) is 119 Å². The molecule has 0 aliphatic heterocycles. The molecule has 0 fully saturated rings. The minimum Gasteiger partial charge on any atom is -0.321 e. The number of pyridine rings is 2. The maximum absolute atomic E-state index is 13.6. The van der Waals surface area contributed by atoms with E-state index < -0.39 is 0 Å². The van der Waals surface area contributed by atoms with Gasteiger partial charge in [0.05, 0.1) is 41.8 Å². The summed E-state index contributed by atoms with van der Waals surface area (Å²) in [5, 5.41) is 2.08. The number of carbonyl (C=O) groups excluding carboxylic acids is 2. The number of fused-ring (bicyclic) bond motifs is 4. The first-order valence-electron chi connectivity index (χ1n) is 12.0. The van der Waals surface area contributed by atoms with Gasteiger partial charge in [-0.25, -0.2) is 9.97 Å². The first-order valence-corrected chi connectivity index (χ1v) is 12.0. The summed E-state index contributed by atoms with van der Waals surface area (Å²) in [6.07, 6.45) is 1.53. The second-order valence-electron chi connectivity index (χ2n) is 9.16. The van der Waals surface area contributed by atoms with Crippen molar-refractivity contribution in [2.75, 3.05) is 0 Å². The summed E-state index contributed by atoms with van der Waals surface area (Å²) >= 11 is 0.